The van der Waals surface area contributed by atoms with Gasteiger partial charge in [0.25, 0.3) is 11.1 Å². The van der Waals surface area contributed by atoms with Gasteiger partial charge in [0, 0.05) is 16.7 Å². The van der Waals surface area contributed by atoms with Crippen molar-refractivity contribution >= 4 is 40.0 Å². The summed E-state index contributed by atoms with van der Waals surface area (Å²) in [5.74, 6) is 0.699. The van der Waals surface area contributed by atoms with Crippen LogP contribution in [0.25, 0.3) is 21.7 Å². The Morgan fingerprint density at radius 1 is 1.19 bits per heavy atom. The van der Waals surface area contributed by atoms with Crippen LogP contribution < -0.4 is 0 Å². The lowest BCUT2D eigenvalue weighted by molar-refractivity contribution is 0.0491. The molecule has 0 aliphatic heterocycles. The number of fused-ring (bicyclic) bond motifs is 1. The average molecular weight is 386 g/mol. The molecular weight excluding hydrogens is 372 g/mol. The molecule has 0 radical (unpaired) electrons. The number of para-hydroxylation sites is 1. The molecule has 6 nitrogen and oxygen atoms in total. The average Bonchev–Trinajstić information content (AvgIpc) is 3.38. The topological polar surface area (TPSA) is 78.4 Å². The number of rotatable bonds is 6. The maximum absolute atomic E-state index is 12.2. The minimum Gasteiger partial charge on any atom is -0.460 e. The quantitative estimate of drug-likeness (QED) is 0.340. The molecule has 0 unspecified atom stereocenters. The summed E-state index contributed by atoms with van der Waals surface area (Å²) in [5.41, 5.74) is 1.41. The van der Waals surface area contributed by atoms with Gasteiger partial charge in [-0.2, -0.15) is 0 Å². The number of hydrogen-bond acceptors (Lipinski definition) is 8. The highest BCUT2D eigenvalue weighted by molar-refractivity contribution is 7.98. The normalized spacial score (nSPS) is 11.1. The van der Waals surface area contributed by atoms with Crippen molar-refractivity contribution in [2.45, 2.75) is 17.9 Å². The van der Waals surface area contributed by atoms with Gasteiger partial charge in [-0.15, -0.1) is 21.5 Å². The SMILES string of the molecule is CCOC(=O)c1oc2ccccc2c1CSc1nnc(-c2cccs2)o1. The first-order chi connectivity index (χ1) is 12.8. The summed E-state index contributed by atoms with van der Waals surface area (Å²) in [5, 5.41) is 11.4. The molecule has 0 spiro atoms. The highest BCUT2D eigenvalue weighted by atomic mass is 32.2. The van der Waals surface area contributed by atoms with Crippen molar-refractivity contribution in [2.75, 3.05) is 6.61 Å². The van der Waals surface area contributed by atoms with Gasteiger partial charge in [0.2, 0.25) is 5.76 Å². The van der Waals surface area contributed by atoms with Crippen molar-refractivity contribution in [1.29, 1.82) is 0 Å². The maximum Gasteiger partial charge on any atom is 0.374 e. The molecule has 0 saturated heterocycles. The van der Waals surface area contributed by atoms with Crippen molar-refractivity contribution < 1.29 is 18.4 Å². The molecule has 132 valence electrons. The first-order valence-corrected chi connectivity index (χ1v) is 9.80. The molecule has 3 aromatic heterocycles. The molecule has 1 aromatic carbocycles. The minimum absolute atomic E-state index is 0.221. The van der Waals surface area contributed by atoms with Crippen LogP contribution in [0.15, 0.2) is 55.8 Å². The van der Waals surface area contributed by atoms with Crippen LogP contribution in [0.2, 0.25) is 0 Å². The van der Waals surface area contributed by atoms with E-state index >= 15 is 0 Å². The van der Waals surface area contributed by atoms with E-state index in [0.29, 0.717) is 22.4 Å². The number of thiophene rings is 1. The van der Waals surface area contributed by atoms with Gasteiger partial charge in [0.05, 0.1) is 11.5 Å². The lowest BCUT2D eigenvalue weighted by Crippen LogP contribution is -2.05. The Bertz CT molecular complexity index is 1040. The number of ether oxygens (including phenoxy) is 1. The zero-order valence-electron chi connectivity index (χ0n) is 13.8. The Labute approximate surface area is 157 Å². The smallest absolute Gasteiger partial charge is 0.374 e. The number of furan rings is 1. The fourth-order valence-corrected chi connectivity index (χ4v) is 3.94. The molecule has 3 heterocycles. The number of aromatic nitrogens is 2. The summed E-state index contributed by atoms with van der Waals surface area (Å²) >= 11 is 2.89. The van der Waals surface area contributed by atoms with E-state index in [1.165, 1.54) is 23.1 Å². The lowest BCUT2D eigenvalue weighted by atomic mass is 10.1. The Kier molecular flexibility index (Phi) is 4.77. The largest absolute Gasteiger partial charge is 0.460 e. The summed E-state index contributed by atoms with van der Waals surface area (Å²) in [6.07, 6.45) is 0. The zero-order valence-corrected chi connectivity index (χ0v) is 15.4. The standard InChI is InChI=1S/C18H14N2O4S2/c1-2-22-17(21)15-12(11-6-3-4-7-13(11)23-15)10-26-18-20-19-16(24-18)14-8-5-9-25-14/h3-9H,2,10H2,1H3. The number of hydrogen-bond donors (Lipinski definition) is 0. The van der Waals surface area contributed by atoms with E-state index in [4.69, 9.17) is 13.6 Å². The van der Waals surface area contributed by atoms with Gasteiger partial charge in [0.1, 0.15) is 5.58 Å². The molecule has 0 bridgehead atoms. The van der Waals surface area contributed by atoms with Crippen LogP contribution in [0.1, 0.15) is 23.0 Å². The molecule has 0 fully saturated rings. The van der Waals surface area contributed by atoms with E-state index in [2.05, 4.69) is 10.2 Å². The fourth-order valence-electron chi connectivity index (χ4n) is 2.51. The van der Waals surface area contributed by atoms with Crippen molar-refractivity contribution in [3.8, 4) is 10.8 Å². The van der Waals surface area contributed by atoms with E-state index in [0.717, 1.165) is 15.8 Å². The summed E-state index contributed by atoms with van der Waals surface area (Å²) in [6.45, 7) is 2.05. The molecule has 8 heteroatoms. The third kappa shape index (κ3) is 3.25. The fraction of sp³-hybridized carbons (Fsp3) is 0.167. The van der Waals surface area contributed by atoms with Gasteiger partial charge < -0.3 is 13.6 Å². The minimum atomic E-state index is -0.468. The molecular formula is C18H14N2O4S2. The van der Waals surface area contributed by atoms with Gasteiger partial charge in [-0.1, -0.05) is 36.0 Å². The third-order valence-electron chi connectivity index (χ3n) is 3.64. The van der Waals surface area contributed by atoms with Crippen LogP contribution in [0.3, 0.4) is 0 Å². The lowest BCUT2D eigenvalue weighted by Gasteiger charge is -2.01. The Morgan fingerprint density at radius 2 is 2.08 bits per heavy atom. The van der Waals surface area contributed by atoms with Gasteiger partial charge >= 0.3 is 5.97 Å². The van der Waals surface area contributed by atoms with Crippen LogP contribution in [0, 0.1) is 0 Å². The van der Waals surface area contributed by atoms with Crippen LogP contribution in [-0.2, 0) is 10.5 Å². The van der Waals surface area contributed by atoms with Crippen LogP contribution in [0.5, 0.6) is 0 Å². The summed E-state index contributed by atoms with van der Waals surface area (Å²) in [7, 11) is 0. The summed E-state index contributed by atoms with van der Waals surface area (Å²) in [6, 6.07) is 11.4. The Hall–Kier alpha value is -2.58. The molecule has 0 amide bonds. The van der Waals surface area contributed by atoms with Gasteiger partial charge in [-0.3, -0.25) is 0 Å². The second kappa shape index (κ2) is 7.35. The van der Waals surface area contributed by atoms with Gasteiger partial charge in [-0.05, 0) is 24.4 Å². The maximum atomic E-state index is 12.2. The Balaban J connectivity index is 1.60. The third-order valence-corrected chi connectivity index (χ3v) is 5.34. The van der Waals surface area contributed by atoms with E-state index < -0.39 is 5.97 Å². The van der Waals surface area contributed by atoms with Crippen LogP contribution >= 0.6 is 23.1 Å². The monoisotopic (exact) mass is 386 g/mol. The Morgan fingerprint density at radius 3 is 2.88 bits per heavy atom. The molecule has 26 heavy (non-hydrogen) atoms. The number of esters is 1. The van der Waals surface area contributed by atoms with E-state index in [-0.39, 0.29) is 12.4 Å². The second-order valence-electron chi connectivity index (χ2n) is 5.27. The van der Waals surface area contributed by atoms with Crippen LogP contribution in [0.4, 0.5) is 0 Å². The van der Waals surface area contributed by atoms with Gasteiger partial charge in [-0.25, -0.2) is 4.79 Å². The summed E-state index contributed by atoms with van der Waals surface area (Å²) < 4.78 is 16.5. The molecule has 0 atom stereocenters. The highest BCUT2D eigenvalue weighted by Crippen LogP contribution is 2.33. The number of carbonyl (C=O) groups excluding carboxylic acids is 1. The van der Waals surface area contributed by atoms with Gasteiger partial charge in [0.15, 0.2) is 0 Å². The van der Waals surface area contributed by atoms with Crippen molar-refractivity contribution in [3.63, 3.8) is 0 Å². The first kappa shape index (κ1) is 16.9. The number of thioether (sulfide) groups is 1. The predicted octanol–water partition coefficient (Wildman–Crippen LogP) is 5.01. The summed E-state index contributed by atoms with van der Waals surface area (Å²) in [4.78, 5) is 13.2. The highest BCUT2D eigenvalue weighted by Gasteiger charge is 2.22. The second-order valence-corrected chi connectivity index (χ2v) is 7.14. The molecule has 0 saturated carbocycles. The molecule has 4 aromatic rings. The van der Waals surface area contributed by atoms with E-state index in [9.17, 15) is 4.79 Å². The molecule has 4 rings (SSSR count). The number of nitrogens with zero attached hydrogens (tertiary/aromatic N) is 2. The number of carbonyl (C=O) groups is 1. The van der Waals surface area contributed by atoms with Crippen LogP contribution in [-0.4, -0.2) is 22.8 Å². The van der Waals surface area contributed by atoms with Crippen molar-refractivity contribution in [3.05, 3.63) is 53.1 Å². The predicted molar refractivity (Wildman–Crippen MR) is 99.3 cm³/mol. The van der Waals surface area contributed by atoms with E-state index in [1.807, 2.05) is 41.8 Å². The zero-order chi connectivity index (χ0) is 17.9. The number of benzene rings is 1. The molecule has 0 N–H and O–H groups in total. The molecule has 0 aliphatic rings. The van der Waals surface area contributed by atoms with Crippen molar-refractivity contribution in [2.24, 2.45) is 0 Å². The first-order valence-electron chi connectivity index (χ1n) is 7.94. The van der Waals surface area contributed by atoms with Crippen molar-refractivity contribution in [1.82, 2.24) is 10.2 Å². The van der Waals surface area contributed by atoms with E-state index in [1.54, 1.807) is 6.92 Å². The molecule has 0 aliphatic carbocycles.